The number of phenolic OH excluding ortho intramolecular Hbond substituents is 2. The van der Waals surface area contributed by atoms with E-state index in [1.54, 1.807) is 24.3 Å². The zero-order valence-electron chi connectivity index (χ0n) is 7.77. The number of hydrogen-bond donors (Lipinski definition) is 2. The standard InChI is InChI=1S/C12H8O3/c13-9-3-1-7-5-11(9)15-12-6-8(7)2-4-10(12)14/h1-6,13-14H. The summed E-state index contributed by atoms with van der Waals surface area (Å²) in [6.07, 6.45) is 0. The number of fused-ring (bicyclic) bond motifs is 5. The van der Waals surface area contributed by atoms with Gasteiger partial charge in [0, 0.05) is 0 Å². The van der Waals surface area contributed by atoms with Crippen LogP contribution in [0.25, 0.3) is 11.1 Å². The topological polar surface area (TPSA) is 49.7 Å². The van der Waals surface area contributed by atoms with Crippen LogP contribution in [0.1, 0.15) is 0 Å². The quantitative estimate of drug-likeness (QED) is 0.586. The van der Waals surface area contributed by atoms with Gasteiger partial charge < -0.3 is 14.9 Å². The van der Waals surface area contributed by atoms with Gasteiger partial charge in [-0.2, -0.15) is 0 Å². The lowest BCUT2D eigenvalue weighted by atomic mass is 10.1. The van der Waals surface area contributed by atoms with Crippen molar-refractivity contribution in [2.75, 3.05) is 0 Å². The maximum absolute atomic E-state index is 9.53. The fraction of sp³-hybridized carbons (Fsp3) is 0. The van der Waals surface area contributed by atoms with Gasteiger partial charge in [0.05, 0.1) is 0 Å². The highest BCUT2D eigenvalue weighted by atomic mass is 16.5. The van der Waals surface area contributed by atoms with Crippen molar-refractivity contribution < 1.29 is 14.9 Å². The van der Waals surface area contributed by atoms with Crippen LogP contribution in [0.5, 0.6) is 23.0 Å². The summed E-state index contributed by atoms with van der Waals surface area (Å²) in [5.41, 5.74) is 1.92. The van der Waals surface area contributed by atoms with Gasteiger partial charge in [0.1, 0.15) is 0 Å². The van der Waals surface area contributed by atoms with Gasteiger partial charge in [-0.1, -0.05) is 12.1 Å². The normalized spacial score (nSPS) is 11.7. The van der Waals surface area contributed by atoms with Crippen molar-refractivity contribution in [3.8, 4) is 34.1 Å². The van der Waals surface area contributed by atoms with Crippen molar-refractivity contribution in [1.82, 2.24) is 0 Å². The molecule has 0 spiro atoms. The van der Waals surface area contributed by atoms with Crippen LogP contribution < -0.4 is 4.74 Å². The van der Waals surface area contributed by atoms with Gasteiger partial charge in [0.25, 0.3) is 0 Å². The predicted octanol–water partition coefficient (Wildman–Crippen LogP) is 2.87. The Labute approximate surface area is 86.2 Å². The van der Waals surface area contributed by atoms with Gasteiger partial charge >= 0.3 is 0 Å². The molecule has 3 heteroatoms. The summed E-state index contributed by atoms with van der Waals surface area (Å²) in [5.74, 6) is 0.870. The lowest BCUT2D eigenvalue weighted by molar-refractivity contribution is 0.386. The fourth-order valence-electron chi connectivity index (χ4n) is 1.67. The second kappa shape index (κ2) is 2.67. The number of ether oxygens (including phenoxy) is 1. The van der Waals surface area contributed by atoms with Crippen LogP contribution in [0.3, 0.4) is 0 Å². The third kappa shape index (κ3) is 1.13. The molecule has 0 amide bonds. The minimum Gasteiger partial charge on any atom is -0.504 e. The minimum atomic E-state index is 0.0700. The van der Waals surface area contributed by atoms with Gasteiger partial charge in [-0.3, -0.25) is 0 Å². The molecule has 2 N–H and O–H groups in total. The number of hydrogen-bond acceptors (Lipinski definition) is 3. The first-order valence-corrected chi connectivity index (χ1v) is 4.58. The smallest absolute Gasteiger partial charge is 0.169 e. The summed E-state index contributed by atoms with van der Waals surface area (Å²) in [7, 11) is 0. The SMILES string of the molecule is Oc1ccc2cc1Oc1cc-2ccc1O. The summed E-state index contributed by atoms with van der Waals surface area (Å²) in [4.78, 5) is 0. The third-order valence-corrected chi connectivity index (χ3v) is 2.47. The zero-order chi connectivity index (χ0) is 10.4. The molecular weight excluding hydrogens is 192 g/mol. The highest BCUT2D eigenvalue weighted by Gasteiger charge is 2.15. The first-order valence-electron chi connectivity index (χ1n) is 4.58. The van der Waals surface area contributed by atoms with Gasteiger partial charge in [0.15, 0.2) is 23.0 Å². The summed E-state index contributed by atoms with van der Waals surface area (Å²) < 4.78 is 5.38. The third-order valence-electron chi connectivity index (χ3n) is 2.47. The van der Waals surface area contributed by atoms with Gasteiger partial charge in [-0.15, -0.1) is 0 Å². The molecule has 0 fully saturated rings. The fourth-order valence-corrected chi connectivity index (χ4v) is 1.67. The van der Waals surface area contributed by atoms with E-state index in [9.17, 15) is 10.2 Å². The molecule has 3 rings (SSSR count). The van der Waals surface area contributed by atoms with Crippen LogP contribution in [0, 0.1) is 0 Å². The number of aromatic hydroxyl groups is 2. The first kappa shape index (κ1) is 8.17. The zero-order valence-corrected chi connectivity index (χ0v) is 7.77. The molecule has 0 unspecified atom stereocenters. The van der Waals surface area contributed by atoms with Crippen LogP contribution in [0.15, 0.2) is 36.4 Å². The Morgan fingerprint density at radius 2 is 1.20 bits per heavy atom. The molecule has 1 heterocycles. The first-order chi connectivity index (χ1) is 7.24. The molecule has 0 saturated carbocycles. The molecule has 0 aromatic heterocycles. The number of benzene rings is 2. The van der Waals surface area contributed by atoms with Crippen molar-refractivity contribution in [2.24, 2.45) is 0 Å². The molecule has 0 saturated heterocycles. The molecule has 0 aliphatic carbocycles. The summed E-state index contributed by atoms with van der Waals surface area (Å²) in [6, 6.07) is 10.3. The van der Waals surface area contributed by atoms with E-state index >= 15 is 0 Å². The number of phenols is 2. The maximum atomic E-state index is 9.53. The lowest BCUT2D eigenvalue weighted by Gasteiger charge is -2.05. The van der Waals surface area contributed by atoms with Crippen LogP contribution >= 0.6 is 0 Å². The van der Waals surface area contributed by atoms with E-state index in [1.807, 2.05) is 12.1 Å². The predicted molar refractivity (Wildman–Crippen MR) is 55.3 cm³/mol. The Hall–Kier alpha value is -2.16. The van der Waals surface area contributed by atoms with Crippen LogP contribution in [0.2, 0.25) is 0 Å². The molecule has 4 bridgehead atoms. The summed E-state index contributed by atoms with van der Waals surface area (Å²) >= 11 is 0. The Morgan fingerprint density at radius 3 is 1.67 bits per heavy atom. The molecule has 74 valence electrons. The lowest BCUT2D eigenvalue weighted by Crippen LogP contribution is -1.82. The van der Waals surface area contributed by atoms with E-state index in [-0.39, 0.29) is 11.5 Å². The number of rotatable bonds is 0. The highest BCUT2D eigenvalue weighted by Crippen LogP contribution is 2.42. The van der Waals surface area contributed by atoms with Crippen LogP contribution in [-0.4, -0.2) is 10.2 Å². The Morgan fingerprint density at radius 1 is 0.733 bits per heavy atom. The minimum absolute atomic E-state index is 0.0700. The molecule has 3 nitrogen and oxygen atoms in total. The molecule has 2 aromatic carbocycles. The van der Waals surface area contributed by atoms with E-state index < -0.39 is 0 Å². The van der Waals surface area contributed by atoms with E-state index in [0.717, 1.165) is 11.1 Å². The summed E-state index contributed by atoms with van der Waals surface area (Å²) in [6.45, 7) is 0. The second-order valence-corrected chi connectivity index (χ2v) is 3.47. The van der Waals surface area contributed by atoms with E-state index in [0.29, 0.717) is 11.5 Å². The second-order valence-electron chi connectivity index (χ2n) is 3.47. The van der Waals surface area contributed by atoms with Gasteiger partial charge in [0.2, 0.25) is 0 Å². The van der Waals surface area contributed by atoms with Crippen LogP contribution in [0.4, 0.5) is 0 Å². The van der Waals surface area contributed by atoms with Crippen molar-refractivity contribution >= 4 is 0 Å². The van der Waals surface area contributed by atoms with Crippen molar-refractivity contribution in [2.45, 2.75) is 0 Å². The molecule has 1 aliphatic rings. The van der Waals surface area contributed by atoms with Crippen molar-refractivity contribution in [1.29, 1.82) is 0 Å². The highest BCUT2D eigenvalue weighted by molar-refractivity contribution is 5.72. The molecular formula is C12H8O3. The average Bonchev–Trinajstić information content (AvgIpc) is 2.36. The molecule has 15 heavy (non-hydrogen) atoms. The Bertz CT molecular complexity index is 497. The maximum Gasteiger partial charge on any atom is 0.169 e. The van der Waals surface area contributed by atoms with Gasteiger partial charge in [-0.05, 0) is 35.4 Å². The molecule has 1 aliphatic heterocycles. The monoisotopic (exact) mass is 200 g/mol. The average molecular weight is 200 g/mol. The molecule has 0 radical (unpaired) electrons. The van der Waals surface area contributed by atoms with Crippen molar-refractivity contribution in [3.05, 3.63) is 36.4 Å². The van der Waals surface area contributed by atoms with Crippen LogP contribution in [-0.2, 0) is 0 Å². The Kier molecular flexibility index (Phi) is 1.45. The van der Waals surface area contributed by atoms with E-state index in [4.69, 9.17) is 4.74 Å². The molecule has 2 aromatic rings. The molecule has 0 atom stereocenters. The van der Waals surface area contributed by atoms with E-state index in [1.165, 1.54) is 0 Å². The largest absolute Gasteiger partial charge is 0.504 e. The van der Waals surface area contributed by atoms with Crippen molar-refractivity contribution in [3.63, 3.8) is 0 Å². The van der Waals surface area contributed by atoms with Gasteiger partial charge in [-0.25, -0.2) is 0 Å². The van der Waals surface area contributed by atoms with E-state index in [2.05, 4.69) is 0 Å². The Balaban J connectivity index is 2.33. The summed E-state index contributed by atoms with van der Waals surface area (Å²) in [5, 5.41) is 19.1.